The number of ether oxygens (including phenoxy) is 1. The molecule has 0 saturated heterocycles. The predicted octanol–water partition coefficient (Wildman–Crippen LogP) is 3.91. The second-order valence-electron chi connectivity index (χ2n) is 6.10. The molecule has 1 N–H and O–H groups in total. The number of aryl methyl sites for hydroxylation is 1. The van der Waals surface area contributed by atoms with Crippen LogP contribution in [0.5, 0.6) is 5.75 Å². The molecule has 1 amide bonds. The molecule has 3 heteroatoms. The summed E-state index contributed by atoms with van der Waals surface area (Å²) in [5.74, 6) is 0.810. The summed E-state index contributed by atoms with van der Waals surface area (Å²) in [7, 11) is 0. The van der Waals surface area contributed by atoms with Gasteiger partial charge in [-0.3, -0.25) is 4.79 Å². The lowest BCUT2D eigenvalue weighted by Crippen LogP contribution is -2.38. The van der Waals surface area contributed by atoms with Gasteiger partial charge < -0.3 is 10.1 Å². The van der Waals surface area contributed by atoms with Gasteiger partial charge in [-0.05, 0) is 43.9 Å². The summed E-state index contributed by atoms with van der Waals surface area (Å²) < 4.78 is 5.66. The first kappa shape index (κ1) is 15.9. The molecule has 0 aliphatic heterocycles. The molecule has 1 fully saturated rings. The van der Waals surface area contributed by atoms with Gasteiger partial charge >= 0.3 is 0 Å². The van der Waals surface area contributed by atoms with E-state index in [2.05, 4.69) is 18.3 Å². The van der Waals surface area contributed by atoms with E-state index < -0.39 is 0 Å². The summed E-state index contributed by atoms with van der Waals surface area (Å²) in [5, 5.41) is 3.13. The van der Waals surface area contributed by atoms with Gasteiger partial charge in [0, 0.05) is 6.04 Å². The highest BCUT2D eigenvalue weighted by atomic mass is 16.5. The predicted molar refractivity (Wildman–Crippen MR) is 85.7 cm³/mol. The van der Waals surface area contributed by atoms with E-state index >= 15 is 0 Å². The van der Waals surface area contributed by atoms with E-state index in [1.54, 1.807) is 0 Å². The Morgan fingerprint density at radius 2 is 1.81 bits per heavy atom. The zero-order valence-electron chi connectivity index (χ0n) is 13.3. The molecule has 1 aliphatic rings. The quantitative estimate of drug-likeness (QED) is 0.912. The summed E-state index contributed by atoms with van der Waals surface area (Å²) in [6, 6.07) is 6.27. The van der Waals surface area contributed by atoms with E-state index in [9.17, 15) is 4.79 Å². The number of benzene rings is 1. The number of hydrogen-bond acceptors (Lipinski definition) is 2. The molecule has 1 aromatic rings. The van der Waals surface area contributed by atoms with Crippen LogP contribution in [0.2, 0.25) is 0 Å². The molecule has 1 aliphatic carbocycles. The smallest absolute Gasteiger partial charge is 0.258 e. The maximum Gasteiger partial charge on any atom is 0.258 e. The Bertz CT molecular complexity index is 462. The van der Waals surface area contributed by atoms with Crippen molar-refractivity contribution in [2.24, 2.45) is 0 Å². The fourth-order valence-electron chi connectivity index (χ4n) is 2.89. The maximum absolute atomic E-state index is 12.0. The number of amides is 1. The van der Waals surface area contributed by atoms with Crippen molar-refractivity contribution in [1.29, 1.82) is 0 Å². The van der Waals surface area contributed by atoms with Crippen molar-refractivity contribution < 1.29 is 9.53 Å². The van der Waals surface area contributed by atoms with Gasteiger partial charge in [-0.15, -0.1) is 0 Å². The molecular formula is C18H27NO2. The van der Waals surface area contributed by atoms with E-state index in [0.29, 0.717) is 6.04 Å². The van der Waals surface area contributed by atoms with Crippen LogP contribution in [0.15, 0.2) is 18.2 Å². The van der Waals surface area contributed by atoms with E-state index in [4.69, 9.17) is 4.74 Å². The third-order valence-electron chi connectivity index (χ3n) is 4.38. The minimum absolute atomic E-state index is 0.00137. The van der Waals surface area contributed by atoms with Crippen LogP contribution in [0.25, 0.3) is 0 Å². The second-order valence-corrected chi connectivity index (χ2v) is 6.10. The highest BCUT2D eigenvalue weighted by Gasteiger charge is 2.14. The molecule has 0 atom stereocenters. The minimum atomic E-state index is 0.00137. The van der Waals surface area contributed by atoms with Crippen LogP contribution in [0.4, 0.5) is 0 Å². The molecule has 0 heterocycles. The van der Waals surface area contributed by atoms with Gasteiger partial charge in [-0.2, -0.15) is 0 Å². The minimum Gasteiger partial charge on any atom is -0.483 e. The molecule has 0 bridgehead atoms. The highest BCUT2D eigenvalue weighted by molar-refractivity contribution is 5.77. The van der Waals surface area contributed by atoms with Crippen molar-refractivity contribution in [2.75, 3.05) is 6.61 Å². The first-order valence-corrected chi connectivity index (χ1v) is 8.15. The van der Waals surface area contributed by atoms with E-state index in [1.165, 1.54) is 37.7 Å². The summed E-state index contributed by atoms with van der Waals surface area (Å²) >= 11 is 0. The lowest BCUT2D eigenvalue weighted by molar-refractivity contribution is -0.123. The first-order valence-electron chi connectivity index (χ1n) is 8.15. The second kappa shape index (κ2) is 8.06. The summed E-state index contributed by atoms with van der Waals surface area (Å²) in [5.41, 5.74) is 2.30. The number of rotatable bonds is 4. The van der Waals surface area contributed by atoms with Gasteiger partial charge in [0.25, 0.3) is 5.91 Å². The van der Waals surface area contributed by atoms with Gasteiger partial charge in [0.05, 0.1) is 0 Å². The van der Waals surface area contributed by atoms with Crippen molar-refractivity contribution in [1.82, 2.24) is 5.32 Å². The van der Waals surface area contributed by atoms with Crippen LogP contribution in [0.1, 0.15) is 56.1 Å². The summed E-state index contributed by atoms with van der Waals surface area (Å²) in [6.07, 6.45) is 8.60. The molecule has 0 aromatic heterocycles. The maximum atomic E-state index is 12.0. The molecule has 1 saturated carbocycles. The van der Waals surface area contributed by atoms with Crippen molar-refractivity contribution in [3.05, 3.63) is 29.3 Å². The third-order valence-corrected chi connectivity index (χ3v) is 4.38. The van der Waals surface area contributed by atoms with Crippen molar-refractivity contribution in [2.45, 2.75) is 64.8 Å². The van der Waals surface area contributed by atoms with Crippen LogP contribution in [0, 0.1) is 13.8 Å². The molecule has 3 nitrogen and oxygen atoms in total. The van der Waals surface area contributed by atoms with E-state index in [1.807, 2.05) is 19.1 Å². The van der Waals surface area contributed by atoms with E-state index in [-0.39, 0.29) is 12.5 Å². The Hall–Kier alpha value is -1.51. The molecular weight excluding hydrogens is 262 g/mol. The molecule has 1 aromatic carbocycles. The fourth-order valence-corrected chi connectivity index (χ4v) is 2.89. The summed E-state index contributed by atoms with van der Waals surface area (Å²) in [4.78, 5) is 12.0. The Kier molecular flexibility index (Phi) is 6.09. The molecule has 116 valence electrons. The molecule has 0 radical (unpaired) electrons. The van der Waals surface area contributed by atoms with Crippen molar-refractivity contribution >= 4 is 5.91 Å². The SMILES string of the molecule is Cc1cccc(OCC(=O)NC2CCCCCCC2)c1C. The van der Waals surface area contributed by atoms with Crippen LogP contribution in [-0.4, -0.2) is 18.6 Å². The standard InChI is InChI=1S/C18H27NO2/c1-14-9-8-12-17(15(14)2)21-13-18(20)19-16-10-6-4-3-5-7-11-16/h8-9,12,16H,3-7,10-11,13H2,1-2H3,(H,19,20). The Morgan fingerprint density at radius 3 is 2.52 bits per heavy atom. The van der Waals surface area contributed by atoms with Gasteiger partial charge in [-0.25, -0.2) is 0 Å². The Labute approximate surface area is 128 Å². The van der Waals surface area contributed by atoms with Gasteiger partial charge in [0.2, 0.25) is 0 Å². The lowest BCUT2D eigenvalue weighted by Gasteiger charge is -2.21. The zero-order valence-corrected chi connectivity index (χ0v) is 13.3. The zero-order chi connectivity index (χ0) is 15.1. The monoisotopic (exact) mass is 289 g/mol. The molecule has 21 heavy (non-hydrogen) atoms. The average molecular weight is 289 g/mol. The fraction of sp³-hybridized carbons (Fsp3) is 0.611. The highest BCUT2D eigenvalue weighted by Crippen LogP contribution is 2.20. The van der Waals surface area contributed by atoms with Crippen LogP contribution < -0.4 is 10.1 Å². The lowest BCUT2D eigenvalue weighted by atomic mass is 9.97. The van der Waals surface area contributed by atoms with Gasteiger partial charge in [0.1, 0.15) is 5.75 Å². The molecule has 2 rings (SSSR count). The van der Waals surface area contributed by atoms with Crippen LogP contribution >= 0.6 is 0 Å². The number of carbonyl (C=O) groups excluding carboxylic acids is 1. The topological polar surface area (TPSA) is 38.3 Å². The third kappa shape index (κ3) is 5.07. The first-order chi connectivity index (χ1) is 10.2. The normalized spacial score (nSPS) is 16.9. The van der Waals surface area contributed by atoms with Crippen molar-refractivity contribution in [3.63, 3.8) is 0 Å². The number of nitrogens with one attached hydrogen (secondary N) is 1. The number of carbonyl (C=O) groups is 1. The Morgan fingerprint density at radius 1 is 1.14 bits per heavy atom. The molecule has 0 unspecified atom stereocenters. The summed E-state index contributed by atoms with van der Waals surface area (Å²) in [6.45, 7) is 4.19. The largest absolute Gasteiger partial charge is 0.483 e. The van der Waals surface area contributed by atoms with Gasteiger partial charge in [0.15, 0.2) is 6.61 Å². The number of hydrogen-bond donors (Lipinski definition) is 1. The van der Waals surface area contributed by atoms with Crippen LogP contribution in [-0.2, 0) is 4.79 Å². The van der Waals surface area contributed by atoms with Gasteiger partial charge in [-0.1, -0.05) is 44.2 Å². The average Bonchev–Trinajstić information content (AvgIpc) is 2.43. The Balaban J connectivity index is 1.79. The van der Waals surface area contributed by atoms with Crippen LogP contribution in [0.3, 0.4) is 0 Å². The van der Waals surface area contributed by atoms with Crippen molar-refractivity contribution in [3.8, 4) is 5.75 Å². The van der Waals surface area contributed by atoms with E-state index in [0.717, 1.165) is 24.2 Å². The molecule has 0 spiro atoms.